The maximum atomic E-state index is 11.5. The number of rotatable bonds is 3. The molecule has 0 saturated carbocycles. The number of piperidine rings is 1. The zero-order valence-electron chi connectivity index (χ0n) is 14.4. The van der Waals surface area contributed by atoms with Crippen molar-refractivity contribution in [2.24, 2.45) is 0 Å². The fourth-order valence-corrected chi connectivity index (χ4v) is 3.22. The first-order chi connectivity index (χ1) is 11.9. The molecule has 0 bridgehead atoms. The highest BCUT2D eigenvalue weighted by Gasteiger charge is 2.23. The van der Waals surface area contributed by atoms with Crippen LogP contribution < -0.4 is 0 Å². The minimum absolute atomic E-state index is 0.122. The quantitative estimate of drug-likeness (QED) is 0.929. The lowest BCUT2D eigenvalue weighted by Crippen LogP contribution is -2.36. The summed E-state index contributed by atoms with van der Waals surface area (Å²) in [5.74, 6) is 0.193. The molecule has 3 rings (SSSR count). The molecule has 6 heteroatoms. The molecule has 0 unspecified atom stereocenters. The molecular weight excluding hydrogens is 318 g/mol. The van der Waals surface area contributed by atoms with Crippen LogP contribution in [-0.2, 0) is 4.79 Å². The van der Waals surface area contributed by atoms with Crippen LogP contribution in [0.2, 0.25) is 0 Å². The van der Waals surface area contributed by atoms with Gasteiger partial charge in [-0.05, 0) is 38.0 Å². The van der Waals surface area contributed by atoms with E-state index in [1.54, 1.807) is 31.2 Å². The first kappa shape index (κ1) is 17.1. The van der Waals surface area contributed by atoms with Gasteiger partial charge in [-0.25, -0.2) is 14.8 Å². The van der Waals surface area contributed by atoms with Gasteiger partial charge in [-0.1, -0.05) is 12.1 Å². The minimum Gasteiger partial charge on any atom is -0.478 e. The van der Waals surface area contributed by atoms with Gasteiger partial charge in [0.2, 0.25) is 5.91 Å². The van der Waals surface area contributed by atoms with Crippen LogP contribution in [0.3, 0.4) is 0 Å². The van der Waals surface area contributed by atoms with Crippen molar-refractivity contribution in [3.63, 3.8) is 0 Å². The highest BCUT2D eigenvalue weighted by Crippen LogP contribution is 2.29. The number of carboxylic acids is 1. The Morgan fingerprint density at radius 2 is 1.76 bits per heavy atom. The number of aryl methyl sites for hydroxylation is 1. The summed E-state index contributed by atoms with van der Waals surface area (Å²) in [6, 6.07) is 8.69. The molecule has 130 valence electrons. The van der Waals surface area contributed by atoms with Gasteiger partial charge in [-0.2, -0.15) is 0 Å². The molecule has 0 atom stereocenters. The summed E-state index contributed by atoms with van der Waals surface area (Å²) in [7, 11) is 0. The molecule has 2 aromatic rings. The van der Waals surface area contributed by atoms with E-state index in [0.29, 0.717) is 11.7 Å². The van der Waals surface area contributed by atoms with E-state index in [-0.39, 0.29) is 11.5 Å². The molecule has 1 amide bonds. The zero-order chi connectivity index (χ0) is 18.0. The summed E-state index contributed by atoms with van der Waals surface area (Å²) in [5.41, 5.74) is 2.92. The third kappa shape index (κ3) is 3.84. The van der Waals surface area contributed by atoms with Crippen molar-refractivity contribution in [1.82, 2.24) is 14.9 Å². The number of hydrogen-bond acceptors (Lipinski definition) is 4. The Labute approximate surface area is 146 Å². The fraction of sp³-hybridized carbons (Fsp3) is 0.368. The predicted molar refractivity (Wildman–Crippen MR) is 93.4 cm³/mol. The molecule has 1 saturated heterocycles. The maximum absolute atomic E-state index is 11.5. The summed E-state index contributed by atoms with van der Waals surface area (Å²) in [6.07, 6.45) is 1.79. The molecule has 1 aromatic carbocycles. The summed E-state index contributed by atoms with van der Waals surface area (Å²) in [4.78, 5) is 33.4. The van der Waals surface area contributed by atoms with Crippen molar-refractivity contribution >= 4 is 11.9 Å². The van der Waals surface area contributed by atoms with E-state index >= 15 is 0 Å². The van der Waals surface area contributed by atoms with Crippen molar-refractivity contribution < 1.29 is 14.7 Å². The van der Waals surface area contributed by atoms with Gasteiger partial charge < -0.3 is 10.0 Å². The monoisotopic (exact) mass is 339 g/mol. The summed E-state index contributed by atoms with van der Waals surface area (Å²) in [5, 5.41) is 9.01. The van der Waals surface area contributed by atoms with Gasteiger partial charge in [-0.15, -0.1) is 0 Å². The maximum Gasteiger partial charge on any atom is 0.335 e. The SMILES string of the molecule is CC(=O)N1CCC(c2cc(-c3ccc(C(=O)O)cc3)nc(C)n2)CC1. The largest absolute Gasteiger partial charge is 0.478 e. The molecule has 0 spiro atoms. The molecule has 6 nitrogen and oxygen atoms in total. The first-order valence-electron chi connectivity index (χ1n) is 8.39. The van der Waals surface area contributed by atoms with E-state index < -0.39 is 5.97 Å². The first-order valence-corrected chi connectivity index (χ1v) is 8.39. The van der Waals surface area contributed by atoms with E-state index in [2.05, 4.69) is 9.97 Å². The molecule has 0 radical (unpaired) electrons. The number of hydrogen-bond donors (Lipinski definition) is 1. The van der Waals surface area contributed by atoms with Crippen molar-refractivity contribution in [2.75, 3.05) is 13.1 Å². The standard InChI is InChI=1S/C19H21N3O3/c1-12-20-17(14-3-5-16(6-4-14)19(24)25)11-18(21-12)15-7-9-22(10-8-15)13(2)23/h3-6,11,15H,7-10H2,1-2H3,(H,24,25). The lowest BCUT2D eigenvalue weighted by Gasteiger charge is -2.31. The van der Waals surface area contributed by atoms with Crippen LogP contribution in [0.4, 0.5) is 0 Å². The molecule has 1 aromatic heterocycles. The number of carbonyl (C=O) groups is 2. The van der Waals surface area contributed by atoms with E-state index in [1.165, 1.54) is 0 Å². The van der Waals surface area contributed by atoms with Gasteiger partial charge in [0.1, 0.15) is 5.82 Å². The Kier molecular flexibility index (Phi) is 4.79. The van der Waals surface area contributed by atoms with Crippen molar-refractivity contribution in [3.8, 4) is 11.3 Å². The highest BCUT2D eigenvalue weighted by molar-refractivity contribution is 5.88. The van der Waals surface area contributed by atoms with Crippen LogP contribution in [0.15, 0.2) is 30.3 Å². The Morgan fingerprint density at radius 1 is 1.12 bits per heavy atom. The number of nitrogens with zero attached hydrogens (tertiary/aromatic N) is 3. The molecule has 1 fully saturated rings. The van der Waals surface area contributed by atoms with Crippen LogP contribution in [0.25, 0.3) is 11.3 Å². The number of carbonyl (C=O) groups excluding carboxylic acids is 1. The minimum atomic E-state index is -0.941. The van der Waals surface area contributed by atoms with Gasteiger partial charge in [-0.3, -0.25) is 4.79 Å². The van der Waals surface area contributed by atoms with Crippen molar-refractivity contribution in [2.45, 2.75) is 32.6 Å². The number of aromatic nitrogens is 2. The lowest BCUT2D eigenvalue weighted by atomic mass is 9.92. The van der Waals surface area contributed by atoms with Gasteiger partial charge in [0.15, 0.2) is 0 Å². The summed E-state index contributed by atoms with van der Waals surface area (Å²) >= 11 is 0. The topological polar surface area (TPSA) is 83.4 Å². The number of benzene rings is 1. The van der Waals surface area contributed by atoms with Crippen LogP contribution >= 0.6 is 0 Å². The fourth-order valence-electron chi connectivity index (χ4n) is 3.22. The normalized spacial score (nSPS) is 15.2. The van der Waals surface area contributed by atoms with E-state index in [4.69, 9.17) is 5.11 Å². The Balaban J connectivity index is 1.83. The molecule has 25 heavy (non-hydrogen) atoms. The highest BCUT2D eigenvalue weighted by atomic mass is 16.4. The van der Waals surface area contributed by atoms with E-state index in [9.17, 15) is 9.59 Å². The van der Waals surface area contributed by atoms with Crippen molar-refractivity contribution in [3.05, 3.63) is 47.4 Å². The molecule has 0 aliphatic carbocycles. The Hall–Kier alpha value is -2.76. The lowest BCUT2D eigenvalue weighted by molar-refractivity contribution is -0.129. The Morgan fingerprint density at radius 3 is 2.32 bits per heavy atom. The number of aromatic carboxylic acids is 1. The van der Waals surface area contributed by atoms with E-state index in [0.717, 1.165) is 42.9 Å². The van der Waals surface area contributed by atoms with Gasteiger partial charge in [0, 0.05) is 37.2 Å². The summed E-state index contributed by atoms with van der Waals surface area (Å²) in [6.45, 7) is 4.98. The van der Waals surface area contributed by atoms with Crippen LogP contribution in [0, 0.1) is 6.92 Å². The van der Waals surface area contributed by atoms with Gasteiger partial charge in [0.05, 0.1) is 11.3 Å². The average Bonchev–Trinajstić information content (AvgIpc) is 2.61. The molecular formula is C19H21N3O3. The third-order valence-electron chi connectivity index (χ3n) is 4.64. The van der Waals surface area contributed by atoms with Gasteiger partial charge >= 0.3 is 5.97 Å². The predicted octanol–water partition coefficient (Wildman–Crippen LogP) is 2.88. The molecule has 1 aliphatic heterocycles. The summed E-state index contributed by atoms with van der Waals surface area (Å²) < 4.78 is 0. The number of carboxylic acid groups (broad SMARTS) is 1. The van der Waals surface area contributed by atoms with Crippen LogP contribution in [-0.4, -0.2) is 44.9 Å². The second-order valence-corrected chi connectivity index (χ2v) is 6.39. The van der Waals surface area contributed by atoms with E-state index in [1.807, 2.05) is 17.9 Å². The smallest absolute Gasteiger partial charge is 0.335 e. The van der Waals surface area contributed by atoms with Crippen molar-refractivity contribution in [1.29, 1.82) is 0 Å². The molecule has 1 aliphatic rings. The van der Waals surface area contributed by atoms with Gasteiger partial charge in [0.25, 0.3) is 0 Å². The van der Waals surface area contributed by atoms with Crippen LogP contribution in [0.5, 0.6) is 0 Å². The average molecular weight is 339 g/mol. The zero-order valence-corrected chi connectivity index (χ0v) is 14.4. The number of amides is 1. The van der Waals surface area contributed by atoms with Crippen LogP contribution in [0.1, 0.15) is 47.6 Å². The second kappa shape index (κ2) is 7.01. The Bertz CT molecular complexity index is 794. The number of likely N-dealkylation sites (tertiary alicyclic amines) is 1. The second-order valence-electron chi connectivity index (χ2n) is 6.39. The molecule has 1 N–H and O–H groups in total. The third-order valence-corrected chi connectivity index (χ3v) is 4.64. The molecule has 2 heterocycles.